The highest BCUT2D eigenvalue weighted by Gasteiger charge is 2.19. The van der Waals surface area contributed by atoms with E-state index in [2.05, 4.69) is 15.1 Å². The summed E-state index contributed by atoms with van der Waals surface area (Å²) in [5.74, 6) is 0. The molecule has 0 radical (unpaired) electrons. The van der Waals surface area contributed by atoms with Crippen molar-refractivity contribution in [2.24, 2.45) is 0 Å². The number of anilines is 1. The van der Waals surface area contributed by atoms with Crippen LogP contribution in [0.3, 0.4) is 0 Å². The number of hydrogen-bond acceptors (Lipinski definition) is 5. The highest BCUT2D eigenvalue weighted by atomic mass is 35.5. The molecule has 0 saturated carbocycles. The lowest BCUT2D eigenvalue weighted by Crippen LogP contribution is -2.28. The van der Waals surface area contributed by atoms with Crippen LogP contribution in [0.5, 0.6) is 0 Å². The molecule has 1 aromatic carbocycles. The van der Waals surface area contributed by atoms with Gasteiger partial charge in [0.15, 0.2) is 0 Å². The number of likely N-dealkylation sites (N-methyl/N-ethyl adjacent to an activating group) is 1. The zero-order valence-electron chi connectivity index (χ0n) is 12.0. The van der Waals surface area contributed by atoms with Gasteiger partial charge in [0.05, 0.1) is 6.10 Å². The molecule has 6 heteroatoms. The minimum atomic E-state index is 0.332. The van der Waals surface area contributed by atoms with Gasteiger partial charge in [0, 0.05) is 31.6 Å². The Morgan fingerprint density at radius 3 is 2.86 bits per heavy atom. The topological polar surface area (TPSA) is 38.2 Å². The Morgan fingerprint density at radius 1 is 1.33 bits per heavy atom. The summed E-state index contributed by atoms with van der Waals surface area (Å²) in [5.41, 5.74) is 1.20. The van der Waals surface area contributed by atoms with Gasteiger partial charge in [0.2, 0.25) is 5.13 Å². The van der Waals surface area contributed by atoms with E-state index in [1.807, 2.05) is 31.3 Å². The first-order chi connectivity index (χ1) is 10.2. The van der Waals surface area contributed by atoms with E-state index in [4.69, 9.17) is 16.3 Å². The van der Waals surface area contributed by atoms with E-state index in [0.717, 1.165) is 47.6 Å². The third-order valence-corrected chi connectivity index (χ3v) is 4.84. The normalized spacial score (nSPS) is 18.1. The van der Waals surface area contributed by atoms with Crippen LogP contribution in [0.1, 0.15) is 23.4 Å². The maximum absolute atomic E-state index is 5.90. The number of rotatable bonds is 5. The average molecular weight is 324 g/mol. The summed E-state index contributed by atoms with van der Waals surface area (Å²) in [7, 11) is 2.05. The summed E-state index contributed by atoms with van der Waals surface area (Å²) in [4.78, 5) is 2.14. The second-order valence-electron chi connectivity index (χ2n) is 5.30. The molecule has 1 aliphatic heterocycles. The van der Waals surface area contributed by atoms with Crippen molar-refractivity contribution >= 4 is 28.1 Å². The van der Waals surface area contributed by atoms with Crippen LogP contribution in [-0.2, 0) is 11.2 Å². The molecule has 1 unspecified atom stereocenters. The largest absolute Gasteiger partial charge is 0.376 e. The van der Waals surface area contributed by atoms with Crippen molar-refractivity contribution in [3.05, 3.63) is 39.9 Å². The van der Waals surface area contributed by atoms with Crippen LogP contribution in [0, 0.1) is 0 Å². The summed E-state index contributed by atoms with van der Waals surface area (Å²) in [6.45, 7) is 1.77. The van der Waals surface area contributed by atoms with Crippen molar-refractivity contribution in [2.75, 3.05) is 25.1 Å². The van der Waals surface area contributed by atoms with Crippen LogP contribution < -0.4 is 4.90 Å². The standard InChI is InChI=1S/C15H18ClN3OS/c1-19(10-13-3-2-8-20-13)15-18-17-14(21-15)9-11-4-6-12(16)7-5-11/h4-7,13H,2-3,8-10H2,1H3. The monoisotopic (exact) mass is 323 g/mol. The molecule has 1 saturated heterocycles. The predicted octanol–water partition coefficient (Wildman–Crippen LogP) is 3.40. The zero-order chi connectivity index (χ0) is 14.7. The summed E-state index contributed by atoms with van der Waals surface area (Å²) < 4.78 is 5.66. The number of halogens is 1. The molecule has 1 atom stereocenters. The van der Waals surface area contributed by atoms with Gasteiger partial charge >= 0.3 is 0 Å². The fourth-order valence-corrected chi connectivity index (χ4v) is 3.39. The van der Waals surface area contributed by atoms with Gasteiger partial charge in [-0.05, 0) is 30.5 Å². The van der Waals surface area contributed by atoms with Gasteiger partial charge in [-0.3, -0.25) is 0 Å². The molecule has 0 aliphatic carbocycles. The molecule has 112 valence electrons. The molecule has 2 aromatic rings. The second-order valence-corrected chi connectivity index (χ2v) is 6.77. The lowest BCUT2D eigenvalue weighted by atomic mass is 10.2. The molecule has 3 rings (SSSR count). The van der Waals surface area contributed by atoms with Crippen molar-refractivity contribution in [3.8, 4) is 0 Å². The van der Waals surface area contributed by atoms with Crippen LogP contribution in [-0.4, -0.2) is 36.5 Å². The Bertz CT molecular complexity index is 581. The molecule has 1 aliphatic rings. The molecule has 0 bridgehead atoms. The van der Waals surface area contributed by atoms with E-state index in [1.54, 1.807) is 11.3 Å². The smallest absolute Gasteiger partial charge is 0.208 e. The third-order valence-electron chi connectivity index (χ3n) is 3.55. The number of hydrogen-bond donors (Lipinski definition) is 0. The summed E-state index contributed by atoms with van der Waals surface area (Å²) in [6.07, 6.45) is 3.43. The third kappa shape index (κ3) is 3.93. The van der Waals surface area contributed by atoms with Gasteiger partial charge < -0.3 is 9.64 Å². The van der Waals surface area contributed by atoms with Crippen LogP contribution in [0.15, 0.2) is 24.3 Å². The van der Waals surface area contributed by atoms with Crippen LogP contribution in [0.25, 0.3) is 0 Å². The lowest BCUT2D eigenvalue weighted by molar-refractivity contribution is 0.116. The fraction of sp³-hybridized carbons (Fsp3) is 0.467. The van der Waals surface area contributed by atoms with E-state index in [-0.39, 0.29) is 0 Å². The molecule has 21 heavy (non-hydrogen) atoms. The molecule has 0 spiro atoms. The number of nitrogens with zero attached hydrogens (tertiary/aromatic N) is 3. The Kier molecular flexibility index (Phi) is 4.73. The Hall–Kier alpha value is -1.17. The molecule has 0 N–H and O–H groups in total. The van der Waals surface area contributed by atoms with Crippen molar-refractivity contribution in [2.45, 2.75) is 25.4 Å². The van der Waals surface area contributed by atoms with E-state index in [1.165, 1.54) is 5.56 Å². The van der Waals surface area contributed by atoms with Gasteiger partial charge in [-0.1, -0.05) is 35.1 Å². The number of benzene rings is 1. The van der Waals surface area contributed by atoms with Crippen LogP contribution in [0.4, 0.5) is 5.13 Å². The first kappa shape index (κ1) is 14.8. The maximum atomic E-state index is 5.90. The first-order valence-electron chi connectivity index (χ1n) is 7.10. The fourth-order valence-electron chi connectivity index (χ4n) is 2.42. The second kappa shape index (κ2) is 6.73. The molecular weight excluding hydrogens is 306 g/mol. The maximum Gasteiger partial charge on any atom is 0.208 e. The molecular formula is C15H18ClN3OS. The Morgan fingerprint density at radius 2 is 2.14 bits per heavy atom. The molecule has 1 aromatic heterocycles. The van der Waals surface area contributed by atoms with Crippen molar-refractivity contribution < 1.29 is 4.74 Å². The van der Waals surface area contributed by atoms with Gasteiger partial charge in [0.25, 0.3) is 0 Å². The predicted molar refractivity (Wildman–Crippen MR) is 86.4 cm³/mol. The zero-order valence-corrected chi connectivity index (χ0v) is 13.5. The minimum absolute atomic E-state index is 0.332. The molecule has 0 amide bonds. The van der Waals surface area contributed by atoms with E-state index in [9.17, 15) is 0 Å². The van der Waals surface area contributed by atoms with E-state index < -0.39 is 0 Å². The quantitative estimate of drug-likeness (QED) is 0.845. The minimum Gasteiger partial charge on any atom is -0.376 e. The Balaban J connectivity index is 1.61. The Labute approximate surface area is 133 Å². The number of ether oxygens (including phenoxy) is 1. The SMILES string of the molecule is CN(CC1CCCO1)c1nnc(Cc2ccc(Cl)cc2)s1. The van der Waals surface area contributed by atoms with E-state index in [0.29, 0.717) is 6.10 Å². The van der Waals surface area contributed by atoms with E-state index >= 15 is 0 Å². The average Bonchev–Trinajstić information content (AvgIpc) is 3.13. The van der Waals surface area contributed by atoms with Crippen molar-refractivity contribution in [3.63, 3.8) is 0 Å². The molecule has 4 nitrogen and oxygen atoms in total. The summed E-state index contributed by atoms with van der Waals surface area (Å²) >= 11 is 7.54. The number of aromatic nitrogens is 2. The van der Waals surface area contributed by atoms with Crippen molar-refractivity contribution in [1.82, 2.24) is 10.2 Å². The highest BCUT2D eigenvalue weighted by Crippen LogP contribution is 2.23. The van der Waals surface area contributed by atoms with Crippen LogP contribution in [0.2, 0.25) is 5.02 Å². The molecule has 1 fully saturated rings. The highest BCUT2D eigenvalue weighted by molar-refractivity contribution is 7.15. The first-order valence-corrected chi connectivity index (χ1v) is 8.30. The van der Waals surface area contributed by atoms with Gasteiger partial charge in [0.1, 0.15) is 5.01 Å². The van der Waals surface area contributed by atoms with Gasteiger partial charge in [-0.25, -0.2) is 0 Å². The lowest BCUT2D eigenvalue weighted by Gasteiger charge is -2.18. The van der Waals surface area contributed by atoms with Crippen molar-refractivity contribution in [1.29, 1.82) is 0 Å². The van der Waals surface area contributed by atoms with Gasteiger partial charge in [-0.2, -0.15) is 0 Å². The van der Waals surface area contributed by atoms with Gasteiger partial charge in [-0.15, -0.1) is 10.2 Å². The molecule has 2 heterocycles. The van der Waals surface area contributed by atoms with Crippen LogP contribution >= 0.6 is 22.9 Å². The summed E-state index contributed by atoms with van der Waals surface area (Å²) in [5, 5.41) is 11.3. The summed E-state index contributed by atoms with van der Waals surface area (Å²) in [6, 6.07) is 7.86.